The summed E-state index contributed by atoms with van der Waals surface area (Å²) in [6.07, 6.45) is 3.59. The van der Waals surface area contributed by atoms with Crippen molar-refractivity contribution in [3.8, 4) is 0 Å². The zero-order valence-corrected chi connectivity index (χ0v) is 12.4. The van der Waals surface area contributed by atoms with Crippen molar-refractivity contribution in [3.05, 3.63) is 34.9 Å². The number of carbonyl (C=O) groups excluding carboxylic acids is 1. The van der Waals surface area contributed by atoms with E-state index in [1.165, 1.54) is 17.5 Å². The Morgan fingerprint density at radius 1 is 1.45 bits per heavy atom. The molecule has 1 fully saturated rings. The van der Waals surface area contributed by atoms with Crippen LogP contribution >= 0.6 is 0 Å². The number of carbonyl (C=O) groups is 1. The number of nitrogens with zero attached hydrogens (tertiary/aromatic N) is 1. The number of Topliss-reactive ketones (excluding diaryl/α,β-unsaturated/α-hetero) is 1. The molecule has 3 rings (SSSR count). The van der Waals surface area contributed by atoms with Crippen LogP contribution in [0.25, 0.3) is 0 Å². The van der Waals surface area contributed by atoms with Crippen LogP contribution in [0, 0.1) is 0 Å². The van der Waals surface area contributed by atoms with Gasteiger partial charge in [0.25, 0.3) is 0 Å². The van der Waals surface area contributed by atoms with Crippen molar-refractivity contribution in [2.24, 2.45) is 0 Å². The number of rotatable bonds is 3. The number of benzene rings is 1. The molecule has 1 aromatic rings. The lowest BCUT2D eigenvalue weighted by atomic mass is 9.83. The number of ether oxygens (including phenoxy) is 1. The van der Waals surface area contributed by atoms with Gasteiger partial charge in [-0.05, 0) is 49.9 Å². The Morgan fingerprint density at radius 3 is 3.05 bits per heavy atom. The van der Waals surface area contributed by atoms with Crippen LogP contribution in [0.4, 0.5) is 0 Å². The maximum atomic E-state index is 11.6. The van der Waals surface area contributed by atoms with Gasteiger partial charge in [0, 0.05) is 18.2 Å². The highest BCUT2D eigenvalue weighted by Gasteiger charge is 2.37. The molecule has 0 spiro atoms. The van der Waals surface area contributed by atoms with E-state index in [2.05, 4.69) is 24.0 Å². The molecule has 0 bridgehead atoms. The highest BCUT2D eigenvalue weighted by atomic mass is 16.5. The molecule has 1 aliphatic carbocycles. The van der Waals surface area contributed by atoms with Crippen LogP contribution < -0.4 is 0 Å². The molecule has 3 heteroatoms. The van der Waals surface area contributed by atoms with E-state index in [0.717, 1.165) is 38.1 Å². The first-order valence-electron chi connectivity index (χ1n) is 7.70. The van der Waals surface area contributed by atoms with E-state index in [0.29, 0.717) is 6.04 Å². The molecule has 1 saturated heterocycles. The van der Waals surface area contributed by atoms with Crippen LogP contribution in [0.1, 0.15) is 54.3 Å². The fourth-order valence-corrected chi connectivity index (χ4v) is 3.57. The van der Waals surface area contributed by atoms with Crippen LogP contribution in [-0.2, 0) is 11.2 Å². The number of hydrogen-bond acceptors (Lipinski definition) is 3. The average molecular weight is 273 g/mol. The second-order valence-electron chi connectivity index (χ2n) is 5.90. The molecule has 2 atom stereocenters. The van der Waals surface area contributed by atoms with Gasteiger partial charge in [0.1, 0.15) is 0 Å². The average Bonchev–Trinajstić information content (AvgIpc) is 2.47. The normalized spacial score (nSPS) is 25.9. The molecule has 0 N–H and O–H groups in total. The molecular formula is C17H23NO2. The molecule has 3 nitrogen and oxygen atoms in total. The fraction of sp³-hybridized carbons (Fsp3) is 0.588. The first-order valence-corrected chi connectivity index (χ1v) is 7.70. The minimum absolute atomic E-state index is 0.135. The van der Waals surface area contributed by atoms with Crippen molar-refractivity contribution in [2.75, 3.05) is 19.7 Å². The Morgan fingerprint density at radius 2 is 2.30 bits per heavy atom. The van der Waals surface area contributed by atoms with E-state index in [4.69, 9.17) is 4.74 Å². The van der Waals surface area contributed by atoms with Gasteiger partial charge in [-0.3, -0.25) is 9.69 Å². The molecule has 2 aliphatic rings. The number of aryl methyl sites for hydroxylation is 1. The standard InChI is InChI=1S/C17H23NO2/c1-3-8-18-9-10-20-17-15-11-14(12(2)19)5-4-13(15)6-7-16(17)18/h4-5,11,16-17H,3,6-10H2,1-2H3/t16-,17-/m1/s1. The monoisotopic (exact) mass is 273 g/mol. The van der Waals surface area contributed by atoms with Crippen LogP contribution in [0.3, 0.4) is 0 Å². The van der Waals surface area contributed by atoms with E-state index in [1.807, 2.05) is 6.07 Å². The van der Waals surface area contributed by atoms with Crippen LogP contribution in [0.2, 0.25) is 0 Å². The van der Waals surface area contributed by atoms with Crippen molar-refractivity contribution in [3.63, 3.8) is 0 Å². The summed E-state index contributed by atoms with van der Waals surface area (Å²) in [5.41, 5.74) is 3.41. The van der Waals surface area contributed by atoms with E-state index in [1.54, 1.807) is 6.92 Å². The van der Waals surface area contributed by atoms with Gasteiger partial charge >= 0.3 is 0 Å². The SMILES string of the molecule is CCCN1CCO[C@@H]2c3cc(C(C)=O)ccc3CC[C@H]21. The predicted octanol–water partition coefficient (Wildman–Crippen LogP) is 2.99. The molecule has 1 aromatic carbocycles. The predicted molar refractivity (Wildman–Crippen MR) is 79.1 cm³/mol. The lowest BCUT2D eigenvalue weighted by Gasteiger charge is -2.44. The summed E-state index contributed by atoms with van der Waals surface area (Å²) in [7, 11) is 0. The van der Waals surface area contributed by atoms with Gasteiger partial charge in [-0.1, -0.05) is 19.1 Å². The van der Waals surface area contributed by atoms with Crippen LogP contribution in [0.15, 0.2) is 18.2 Å². The summed E-state index contributed by atoms with van der Waals surface area (Å²) >= 11 is 0. The number of fused-ring (bicyclic) bond motifs is 3. The summed E-state index contributed by atoms with van der Waals surface area (Å²) in [4.78, 5) is 14.2. The van der Waals surface area contributed by atoms with Crippen molar-refractivity contribution in [1.82, 2.24) is 4.90 Å². The van der Waals surface area contributed by atoms with Gasteiger partial charge < -0.3 is 4.74 Å². The summed E-state index contributed by atoms with van der Waals surface area (Å²) in [6.45, 7) is 6.84. The zero-order valence-electron chi connectivity index (χ0n) is 12.4. The van der Waals surface area contributed by atoms with Gasteiger partial charge in [0.2, 0.25) is 0 Å². The van der Waals surface area contributed by atoms with Gasteiger partial charge in [0.15, 0.2) is 5.78 Å². The Hall–Kier alpha value is -1.19. The zero-order chi connectivity index (χ0) is 14.1. The molecule has 1 heterocycles. The molecule has 1 aliphatic heterocycles. The quantitative estimate of drug-likeness (QED) is 0.793. The molecule has 108 valence electrons. The highest BCUT2D eigenvalue weighted by Crippen LogP contribution is 2.38. The van der Waals surface area contributed by atoms with Crippen molar-refractivity contribution >= 4 is 5.78 Å². The first-order chi connectivity index (χ1) is 9.70. The molecule has 0 saturated carbocycles. The van der Waals surface area contributed by atoms with Crippen molar-refractivity contribution in [2.45, 2.75) is 45.3 Å². The Bertz CT molecular complexity index is 510. The van der Waals surface area contributed by atoms with Crippen molar-refractivity contribution in [1.29, 1.82) is 0 Å². The lowest BCUT2D eigenvalue weighted by molar-refractivity contribution is -0.0801. The summed E-state index contributed by atoms with van der Waals surface area (Å²) in [5, 5.41) is 0. The van der Waals surface area contributed by atoms with Gasteiger partial charge in [-0.15, -0.1) is 0 Å². The third kappa shape index (κ3) is 2.40. The van der Waals surface area contributed by atoms with Gasteiger partial charge in [-0.25, -0.2) is 0 Å². The Kier molecular flexibility index (Phi) is 3.90. The second-order valence-corrected chi connectivity index (χ2v) is 5.90. The summed E-state index contributed by atoms with van der Waals surface area (Å²) in [5.74, 6) is 0.135. The smallest absolute Gasteiger partial charge is 0.159 e. The molecule has 20 heavy (non-hydrogen) atoms. The molecule has 0 aromatic heterocycles. The number of morpholine rings is 1. The van der Waals surface area contributed by atoms with E-state index < -0.39 is 0 Å². The van der Waals surface area contributed by atoms with E-state index >= 15 is 0 Å². The topological polar surface area (TPSA) is 29.5 Å². The van der Waals surface area contributed by atoms with E-state index in [-0.39, 0.29) is 11.9 Å². The van der Waals surface area contributed by atoms with Crippen molar-refractivity contribution < 1.29 is 9.53 Å². The molecule has 0 amide bonds. The minimum atomic E-state index is 0.135. The lowest BCUT2D eigenvalue weighted by Crippen LogP contribution is -2.49. The largest absolute Gasteiger partial charge is 0.371 e. The van der Waals surface area contributed by atoms with Crippen LogP contribution in [-0.4, -0.2) is 36.4 Å². The van der Waals surface area contributed by atoms with E-state index in [9.17, 15) is 4.79 Å². The fourth-order valence-electron chi connectivity index (χ4n) is 3.57. The summed E-state index contributed by atoms with van der Waals surface area (Å²) in [6, 6.07) is 6.61. The highest BCUT2D eigenvalue weighted by molar-refractivity contribution is 5.94. The number of ketones is 1. The maximum Gasteiger partial charge on any atom is 0.159 e. The van der Waals surface area contributed by atoms with Crippen LogP contribution in [0.5, 0.6) is 0 Å². The molecule has 0 radical (unpaired) electrons. The maximum absolute atomic E-state index is 11.6. The van der Waals surface area contributed by atoms with Gasteiger partial charge in [0.05, 0.1) is 12.7 Å². The second kappa shape index (κ2) is 5.66. The number of hydrogen-bond donors (Lipinski definition) is 0. The molecule has 0 unspecified atom stereocenters. The molecular weight excluding hydrogens is 250 g/mol. The third-order valence-electron chi connectivity index (χ3n) is 4.57. The Balaban J connectivity index is 1.93. The third-order valence-corrected chi connectivity index (χ3v) is 4.57. The van der Waals surface area contributed by atoms with Gasteiger partial charge in [-0.2, -0.15) is 0 Å². The minimum Gasteiger partial charge on any atom is -0.371 e. The Labute approximate surface area is 120 Å². The first kappa shape index (κ1) is 13.8. The summed E-state index contributed by atoms with van der Waals surface area (Å²) < 4.78 is 6.07.